The second kappa shape index (κ2) is 8.69. The van der Waals surface area contributed by atoms with Crippen molar-refractivity contribution in [1.82, 2.24) is 15.0 Å². The van der Waals surface area contributed by atoms with Crippen molar-refractivity contribution < 1.29 is 22.7 Å². The Bertz CT molecular complexity index is 979. The third-order valence-electron chi connectivity index (χ3n) is 3.78. The zero-order valence-corrected chi connectivity index (χ0v) is 15.0. The van der Waals surface area contributed by atoms with Gasteiger partial charge in [-0.05, 0) is 19.1 Å². The van der Waals surface area contributed by atoms with E-state index in [9.17, 15) is 22.7 Å². The van der Waals surface area contributed by atoms with Crippen molar-refractivity contribution in [3.8, 4) is 11.3 Å². The van der Waals surface area contributed by atoms with Crippen LogP contribution in [0.3, 0.4) is 0 Å². The predicted molar refractivity (Wildman–Crippen MR) is 99.0 cm³/mol. The number of hydrazine groups is 1. The van der Waals surface area contributed by atoms with Crippen molar-refractivity contribution in [3.05, 3.63) is 59.9 Å². The summed E-state index contributed by atoms with van der Waals surface area (Å²) >= 11 is 0. The lowest BCUT2D eigenvalue weighted by Gasteiger charge is -2.15. The van der Waals surface area contributed by atoms with Crippen LogP contribution in [0.2, 0.25) is 0 Å². The summed E-state index contributed by atoms with van der Waals surface area (Å²) in [5.74, 6) is -6.13. The minimum absolute atomic E-state index is 0.0444. The Labute approximate surface area is 162 Å². The number of hydrogen-bond donors (Lipinski definition) is 4. The van der Waals surface area contributed by atoms with E-state index in [0.29, 0.717) is 11.3 Å². The highest BCUT2D eigenvalue weighted by molar-refractivity contribution is 5.65. The average molecular weight is 408 g/mol. The van der Waals surface area contributed by atoms with Crippen LogP contribution < -0.4 is 16.2 Å². The first kappa shape index (κ1) is 20.3. The SMILES string of the molecule is C[C@@H](CO)Nc1nc(NNc2c(F)c(F)cc(F)c2F)cc(-c2ccncc2)n1. The molecule has 0 aliphatic rings. The van der Waals surface area contributed by atoms with E-state index >= 15 is 0 Å². The van der Waals surface area contributed by atoms with Crippen molar-refractivity contribution in [1.29, 1.82) is 0 Å². The summed E-state index contributed by atoms with van der Waals surface area (Å²) in [5, 5.41) is 12.1. The van der Waals surface area contributed by atoms with E-state index in [1.807, 2.05) is 0 Å². The Morgan fingerprint density at radius 1 is 0.966 bits per heavy atom. The van der Waals surface area contributed by atoms with Crippen molar-refractivity contribution in [3.63, 3.8) is 0 Å². The summed E-state index contributed by atoms with van der Waals surface area (Å²) < 4.78 is 54.4. The van der Waals surface area contributed by atoms with Crippen LogP contribution in [0.4, 0.5) is 35.0 Å². The summed E-state index contributed by atoms with van der Waals surface area (Å²) in [6.07, 6.45) is 3.10. The van der Waals surface area contributed by atoms with Crippen LogP contribution >= 0.6 is 0 Å². The third-order valence-corrected chi connectivity index (χ3v) is 3.78. The molecular formula is C18H16F4N6O. The molecule has 1 aromatic carbocycles. The van der Waals surface area contributed by atoms with E-state index in [1.165, 1.54) is 6.07 Å². The quantitative estimate of drug-likeness (QED) is 0.271. The number of nitrogens with zero attached hydrogens (tertiary/aromatic N) is 3. The summed E-state index contributed by atoms with van der Waals surface area (Å²) in [6.45, 7) is 1.50. The van der Waals surface area contributed by atoms with E-state index in [2.05, 4.69) is 31.1 Å². The van der Waals surface area contributed by atoms with E-state index < -0.39 is 29.0 Å². The zero-order valence-electron chi connectivity index (χ0n) is 15.0. The zero-order chi connectivity index (χ0) is 21.0. The number of benzene rings is 1. The van der Waals surface area contributed by atoms with Crippen molar-refractivity contribution in [2.75, 3.05) is 22.8 Å². The van der Waals surface area contributed by atoms with Gasteiger partial charge in [0.1, 0.15) is 5.69 Å². The lowest BCUT2D eigenvalue weighted by atomic mass is 10.2. The number of nitrogens with one attached hydrogen (secondary N) is 3. The molecule has 0 spiro atoms. The number of aromatic nitrogens is 3. The Morgan fingerprint density at radius 3 is 2.24 bits per heavy atom. The number of pyridine rings is 1. The fourth-order valence-corrected chi connectivity index (χ4v) is 2.32. The molecule has 0 fully saturated rings. The smallest absolute Gasteiger partial charge is 0.225 e. The molecule has 2 aromatic heterocycles. The minimum atomic E-state index is -1.59. The van der Waals surface area contributed by atoms with Crippen LogP contribution in [0.5, 0.6) is 0 Å². The number of rotatable bonds is 7. The first-order chi connectivity index (χ1) is 13.9. The van der Waals surface area contributed by atoms with Gasteiger partial charge in [-0.2, -0.15) is 4.98 Å². The molecule has 0 aliphatic heterocycles. The van der Waals surface area contributed by atoms with E-state index in [4.69, 9.17) is 0 Å². The highest BCUT2D eigenvalue weighted by atomic mass is 19.2. The largest absolute Gasteiger partial charge is 0.394 e. The molecule has 11 heteroatoms. The molecule has 0 radical (unpaired) electrons. The third kappa shape index (κ3) is 4.69. The summed E-state index contributed by atoms with van der Waals surface area (Å²) in [6, 6.07) is 4.54. The standard InChI is InChI=1S/C18H16F4N6O/c1-9(8-29)24-18-25-13(10-2-4-23-5-3-10)7-14(26-18)27-28-17-15(21)11(19)6-12(20)16(17)22/h2-7,9,28-29H,8H2,1H3,(H2,24,25,26,27)/t9-/m0/s1. The van der Waals surface area contributed by atoms with Gasteiger partial charge >= 0.3 is 0 Å². The van der Waals surface area contributed by atoms with Gasteiger partial charge < -0.3 is 10.4 Å². The number of hydrogen-bond acceptors (Lipinski definition) is 7. The number of aliphatic hydroxyl groups is 1. The summed E-state index contributed by atoms with van der Waals surface area (Å²) in [7, 11) is 0. The average Bonchev–Trinajstić information content (AvgIpc) is 2.72. The Hall–Kier alpha value is -3.47. The molecule has 0 bridgehead atoms. The van der Waals surface area contributed by atoms with Crippen LogP contribution in [-0.2, 0) is 0 Å². The van der Waals surface area contributed by atoms with Crippen LogP contribution in [0, 0.1) is 23.3 Å². The number of aliphatic hydroxyl groups excluding tert-OH is 1. The number of anilines is 3. The van der Waals surface area contributed by atoms with Gasteiger partial charge in [0.15, 0.2) is 29.1 Å². The maximum atomic E-state index is 13.8. The van der Waals surface area contributed by atoms with E-state index in [-0.39, 0.29) is 30.5 Å². The molecule has 3 aromatic rings. The Balaban J connectivity index is 1.93. The Kier molecular flexibility index (Phi) is 6.07. The van der Waals surface area contributed by atoms with E-state index in [0.717, 1.165) is 0 Å². The normalized spacial score (nSPS) is 11.8. The van der Waals surface area contributed by atoms with Gasteiger partial charge in [0.05, 0.1) is 12.3 Å². The van der Waals surface area contributed by atoms with Crippen molar-refractivity contribution in [2.24, 2.45) is 0 Å². The molecular weight excluding hydrogens is 392 g/mol. The van der Waals surface area contributed by atoms with Gasteiger partial charge in [-0.25, -0.2) is 22.5 Å². The van der Waals surface area contributed by atoms with Gasteiger partial charge in [0.2, 0.25) is 5.95 Å². The molecule has 1 atom stereocenters. The molecule has 152 valence electrons. The van der Waals surface area contributed by atoms with Crippen LogP contribution in [0.15, 0.2) is 36.7 Å². The van der Waals surface area contributed by atoms with Crippen molar-refractivity contribution in [2.45, 2.75) is 13.0 Å². The molecule has 0 aliphatic carbocycles. The van der Waals surface area contributed by atoms with Crippen LogP contribution in [0.1, 0.15) is 6.92 Å². The second-order valence-corrected chi connectivity index (χ2v) is 6.02. The fraction of sp³-hybridized carbons (Fsp3) is 0.167. The van der Waals surface area contributed by atoms with Crippen LogP contribution in [-0.4, -0.2) is 32.7 Å². The monoisotopic (exact) mass is 408 g/mol. The van der Waals surface area contributed by atoms with Gasteiger partial charge in [0.25, 0.3) is 0 Å². The number of halogens is 4. The summed E-state index contributed by atoms with van der Waals surface area (Å²) in [4.78, 5) is 12.3. The molecule has 0 saturated heterocycles. The van der Waals surface area contributed by atoms with Crippen LogP contribution in [0.25, 0.3) is 11.3 Å². The summed E-state index contributed by atoms with van der Waals surface area (Å²) in [5.41, 5.74) is 4.55. The lowest BCUT2D eigenvalue weighted by molar-refractivity contribution is 0.281. The Morgan fingerprint density at radius 2 is 1.62 bits per heavy atom. The molecule has 0 unspecified atom stereocenters. The van der Waals surface area contributed by atoms with Gasteiger partial charge in [-0.15, -0.1) is 0 Å². The highest BCUT2D eigenvalue weighted by Crippen LogP contribution is 2.25. The maximum Gasteiger partial charge on any atom is 0.225 e. The van der Waals surface area contributed by atoms with Gasteiger partial charge in [-0.3, -0.25) is 15.8 Å². The van der Waals surface area contributed by atoms with Gasteiger partial charge in [-0.1, -0.05) is 0 Å². The molecule has 4 N–H and O–H groups in total. The van der Waals surface area contributed by atoms with Gasteiger partial charge in [0, 0.05) is 36.1 Å². The first-order valence-corrected chi connectivity index (χ1v) is 8.41. The molecule has 0 amide bonds. The molecule has 29 heavy (non-hydrogen) atoms. The lowest BCUT2D eigenvalue weighted by Crippen LogP contribution is -2.22. The predicted octanol–water partition coefficient (Wildman–Crippen LogP) is 3.33. The first-order valence-electron chi connectivity index (χ1n) is 8.41. The minimum Gasteiger partial charge on any atom is -0.394 e. The molecule has 3 rings (SSSR count). The molecule has 7 nitrogen and oxygen atoms in total. The van der Waals surface area contributed by atoms with Crippen molar-refractivity contribution >= 4 is 17.5 Å². The van der Waals surface area contributed by atoms with E-state index in [1.54, 1.807) is 31.5 Å². The molecule has 2 heterocycles. The topological polar surface area (TPSA) is 95.0 Å². The maximum absolute atomic E-state index is 13.8. The fourth-order valence-electron chi connectivity index (χ4n) is 2.32. The second-order valence-electron chi connectivity index (χ2n) is 6.02. The molecule has 0 saturated carbocycles. The highest BCUT2D eigenvalue weighted by Gasteiger charge is 2.19.